The second kappa shape index (κ2) is 9.25. The third-order valence-corrected chi connectivity index (χ3v) is 5.74. The van der Waals surface area contributed by atoms with E-state index in [2.05, 4.69) is 13.8 Å². The predicted octanol–water partition coefficient (Wildman–Crippen LogP) is 4.82. The molecule has 136 valence electrons. The number of carbonyl (C=O) groups excluding carboxylic acids is 1. The summed E-state index contributed by atoms with van der Waals surface area (Å²) < 4.78 is 5.74. The van der Waals surface area contributed by atoms with Gasteiger partial charge in [0.15, 0.2) is 11.5 Å². The third-order valence-electron chi connectivity index (χ3n) is 4.36. The van der Waals surface area contributed by atoms with Crippen molar-refractivity contribution in [3.63, 3.8) is 0 Å². The first kappa shape index (κ1) is 19.8. The molecule has 6 heteroatoms. The molecule has 0 saturated carbocycles. The number of thiocarbonyl (C=S) groups is 1. The van der Waals surface area contributed by atoms with E-state index >= 15 is 0 Å². The molecule has 4 nitrogen and oxygen atoms in total. The summed E-state index contributed by atoms with van der Waals surface area (Å²) >= 11 is 6.76. The van der Waals surface area contributed by atoms with Crippen LogP contribution < -0.4 is 4.74 Å². The van der Waals surface area contributed by atoms with Gasteiger partial charge in [-0.05, 0) is 36.1 Å². The lowest BCUT2D eigenvalue weighted by Crippen LogP contribution is -2.33. The van der Waals surface area contributed by atoms with Crippen LogP contribution in [0.25, 0.3) is 6.08 Å². The number of hydrogen-bond donors (Lipinski definition) is 1. The van der Waals surface area contributed by atoms with E-state index in [4.69, 9.17) is 17.0 Å². The Bertz CT molecular complexity index is 673. The van der Waals surface area contributed by atoms with Crippen LogP contribution in [0, 0.1) is 5.92 Å². The lowest BCUT2D eigenvalue weighted by molar-refractivity contribution is -0.122. The van der Waals surface area contributed by atoms with Crippen LogP contribution in [0.2, 0.25) is 0 Å². The van der Waals surface area contributed by atoms with E-state index in [0.717, 1.165) is 24.8 Å². The number of benzene rings is 1. The molecule has 1 fully saturated rings. The number of nitrogens with zero attached hydrogens (tertiary/aromatic N) is 1. The fraction of sp³-hybridized carbons (Fsp3) is 0.474. The van der Waals surface area contributed by atoms with Gasteiger partial charge in [-0.1, -0.05) is 63.2 Å². The minimum absolute atomic E-state index is 0.0306. The van der Waals surface area contributed by atoms with Crippen molar-refractivity contribution in [2.24, 2.45) is 5.92 Å². The van der Waals surface area contributed by atoms with Gasteiger partial charge < -0.3 is 9.84 Å². The fourth-order valence-electron chi connectivity index (χ4n) is 2.77. The molecule has 1 N–H and O–H groups in total. The van der Waals surface area contributed by atoms with Gasteiger partial charge in [-0.3, -0.25) is 9.69 Å². The summed E-state index contributed by atoms with van der Waals surface area (Å²) in [7, 11) is 1.50. The van der Waals surface area contributed by atoms with Crippen molar-refractivity contribution >= 4 is 40.3 Å². The van der Waals surface area contributed by atoms with Gasteiger partial charge in [-0.25, -0.2) is 0 Å². The van der Waals surface area contributed by atoms with E-state index < -0.39 is 0 Å². The quantitative estimate of drug-likeness (QED) is 0.518. The summed E-state index contributed by atoms with van der Waals surface area (Å²) in [6, 6.07) is 5.02. The SMILES string of the molecule is CCCCC(CC)CN1C(=O)/C(=C/c2ccc(O)c(OC)c2)SC1=S. The highest BCUT2D eigenvalue weighted by molar-refractivity contribution is 8.26. The van der Waals surface area contributed by atoms with E-state index in [1.807, 2.05) is 0 Å². The molecule has 25 heavy (non-hydrogen) atoms. The van der Waals surface area contributed by atoms with Crippen molar-refractivity contribution in [1.82, 2.24) is 4.90 Å². The van der Waals surface area contributed by atoms with Crippen molar-refractivity contribution < 1.29 is 14.6 Å². The van der Waals surface area contributed by atoms with Gasteiger partial charge in [0, 0.05) is 6.54 Å². The highest BCUT2D eigenvalue weighted by Gasteiger charge is 2.33. The number of phenolic OH excluding ortho intramolecular Hbond substituents is 1. The Kier molecular flexibility index (Phi) is 7.32. The third kappa shape index (κ3) is 4.98. The Morgan fingerprint density at radius 3 is 2.80 bits per heavy atom. The van der Waals surface area contributed by atoms with Crippen LogP contribution in [0.5, 0.6) is 11.5 Å². The van der Waals surface area contributed by atoms with Crippen LogP contribution in [-0.2, 0) is 4.79 Å². The van der Waals surface area contributed by atoms with Gasteiger partial charge in [-0.15, -0.1) is 0 Å². The Balaban J connectivity index is 2.14. The van der Waals surface area contributed by atoms with E-state index in [1.54, 1.807) is 29.2 Å². The number of carbonyl (C=O) groups is 1. The maximum atomic E-state index is 12.7. The normalized spacial score (nSPS) is 17.4. The first-order valence-electron chi connectivity index (χ1n) is 8.62. The molecule has 1 aromatic carbocycles. The molecular formula is C19H25NO3S2. The molecule has 1 atom stereocenters. The van der Waals surface area contributed by atoms with Crippen molar-refractivity contribution in [3.8, 4) is 11.5 Å². The molecule has 0 spiro atoms. The van der Waals surface area contributed by atoms with Crippen LogP contribution in [0.15, 0.2) is 23.1 Å². The molecule has 0 radical (unpaired) electrons. The number of rotatable bonds is 8. The number of unbranched alkanes of at least 4 members (excludes halogenated alkanes) is 1. The summed E-state index contributed by atoms with van der Waals surface area (Å²) in [5.41, 5.74) is 0.799. The molecule has 1 unspecified atom stereocenters. The second-order valence-electron chi connectivity index (χ2n) is 6.14. The Hall–Kier alpha value is -1.53. The number of amides is 1. The van der Waals surface area contributed by atoms with Gasteiger partial charge in [0.05, 0.1) is 12.0 Å². The number of methoxy groups -OCH3 is 1. The molecule has 1 saturated heterocycles. The predicted molar refractivity (Wildman–Crippen MR) is 108 cm³/mol. The molecule has 1 aromatic rings. The van der Waals surface area contributed by atoms with Gasteiger partial charge in [0.25, 0.3) is 5.91 Å². The highest BCUT2D eigenvalue weighted by Crippen LogP contribution is 2.35. The van der Waals surface area contributed by atoms with E-state index in [1.165, 1.54) is 25.3 Å². The summed E-state index contributed by atoms with van der Waals surface area (Å²) in [5.74, 6) is 0.913. The lowest BCUT2D eigenvalue weighted by atomic mass is 9.99. The Morgan fingerprint density at radius 2 is 2.16 bits per heavy atom. The summed E-state index contributed by atoms with van der Waals surface area (Å²) in [6.45, 7) is 5.04. The maximum absolute atomic E-state index is 12.7. The molecule has 0 bridgehead atoms. The van der Waals surface area contributed by atoms with Crippen LogP contribution in [0.3, 0.4) is 0 Å². The number of thioether (sulfide) groups is 1. The van der Waals surface area contributed by atoms with E-state index in [9.17, 15) is 9.90 Å². The fourth-order valence-corrected chi connectivity index (χ4v) is 4.04. The van der Waals surface area contributed by atoms with E-state index in [0.29, 0.717) is 27.4 Å². The number of phenols is 1. The molecule has 1 aliphatic heterocycles. The zero-order valence-electron chi connectivity index (χ0n) is 14.9. The minimum Gasteiger partial charge on any atom is -0.504 e. The van der Waals surface area contributed by atoms with Crippen LogP contribution in [0.1, 0.15) is 45.1 Å². The Morgan fingerprint density at radius 1 is 1.40 bits per heavy atom. The van der Waals surface area contributed by atoms with Gasteiger partial charge in [0.1, 0.15) is 4.32 Å². The van der Waals surface area contributed by atoms with Crippen molar-refractivity contribution in [3.05, 3.63) is 28.7 Å². The summed E-state index contributed by atoms with van der Waals surface area (Å²) in [4.78, 5) is 15.1. The molecular weight excluding hydrogens is 354 g/mol. The highest BCUT2D eigenvalue weighted by atomic mass is 32.2. The van der Waals surface area contributed by atoms with Gasteiger partial charge in [-0.2, -0.15) is 0 Å². The minimum atomic E-state index is -0.0306. The zero-order chi connectivity index (χ0) is 18.4. The summed E-state index contributed by atoms with van der Waals surface area (Å²) in [6.07, 6.45) is 6.31. The lowest BCUT2D eigenvalue weighted by Gasteiger charge is -2.21. The average molecular weight is 380 g/mol. The van der Waals surface area contributed by atoms with Crippen LogP contribution >= 0.6 is 24.0 Å². The topological polar surface area (TPSA) is 49.8 Å². The smallest absolute Gasteiger partial charge is 0.266 e. The first-order chi connectivity index (χ1) is 12.0. The first-order valence-corrected chi connectivity index (χ1v) is 9.85. The van der Waals surface area contributed by atoms with Gasteiger partial charge >= 0.3 is 0 Å². The number of ether oxygens (including phenoxy) is 1. The molecule has 0 aliphatic carbocycles. The second-order valence-corrected chi connectivity index (χ2v) is 7.82. The molecule has 2 rings (SSSR count). The monoisotopic (exact) mass is 379 g/mol. The molecule has 0 aromatic heterocycles. The van der Waals surface area contributed by atoms with E-state index in [-0.39, 0.29) is 11.7 Å². The van der Waals surface area contributed by atoms with Crippen molar-refractivity contribution in [1.29, 1.82) is 0 Å². The van der Waals surface area contributed by atoms with Crippen LogP contribution in [0.4, 0.5) is 0 Å². The van der Waals surface area contributed by atoms with Crippen molar-refractivity contribution in [2.45, 2.75) is 39.5 Å². The molecule has 1 amide bonds. The zero-order valence-corrected chi connectivity index (χ0v) is 16.6. The summed E-state index contributed by atoms with van der Waals surface area (Å²) in [5, 5.41) is 9.68. The number of hydrogen-bond acceptors (Lipinski definition) is 5. The molecule has 1 heterocycles. The Labute approximate surface area is 159 Å². The van der Waals surface area contributed by atoms with Crippen LogP contribution in [-0.4, -0.2) is 33.9 Å². The van der Waals surface area contributed by atoms with Crippen molar-refractivity contribution in [2.75, 3.05) is 13.7 Å². The maximum Gasteiger partial charge on any atom is 0.266 e. The standard InChI is InChI=1S/C19H25NO3S2/c1-4-6-7-13(5-2)12-20-18(22)17(25-19(20)24)11-14-8-9-15(21)16(10-14)23-3/h8-11,13,21H,4-7,12H2,1-3H3/b17-11-. The molecule has 1 aliphatic rings. The van der Waals surface area contributed by atoms with Gasteiger partial charge in [0.2, 0.25) is 0 Å². The number of aromatic hydroxyl groups is 1. The largest absolute Gasteiger partial charge is 0.504 e. The average Bonchev–Trinajstić information content (AvgIpc) is 2.87.